The largest absolute Gasteiger partial charge is 0.465 e. The molecule has 10 heteroatoms. The molecule has 8 nitrogen and oxygen atoms in total. The molecule has 0 unspecified atom stereocenters. The normalized spacial score (nSPS) is 20.1. The molecule has 0 bridgehead atoms. The quantitative estimate of drug-likeness (QED) is 0.536. The topological polar surface area (TPSA) is 81.4 Å². The molecular weight excluding hydrogens is 480 g/mol. The molecule has 2 amide bonds. The van der Waals surface area contributed by atoms with Crippen molar-refractivity contribution in [2.45, 2.75) is 57.7 Å². The van der Waals surface area contributed by atoms with Crippen molar-refractivity contribution in [2.75, 3.05) is 24.5 Å². The van der Waals surface area contributed by atoms with Crippen LogP contribution in [0.3, 0.4) is 0 Å². The molecule has 2 aliphatic heterocycles. The molecule has 0 saturated carbocycles. The Morgan fingerprint density at radius 2 is 1.89 bits per heavy atom. The van der Waals surface area contributed by atoms with Crippen molar-refractivity contribution in [2.24, 2.45) is 0 Å². The number of carbonyl (C=O) groups is 2. The number of aromatic nitrogens is 2. The van der Waals surface area contributed by atoms with Gasteiger partial charge in [0.1, 0.15) is 23.0 Å². The molecular formula is C27H31F2N5O3. The Bertz CT molecular complexity index is 1350. The highest BCUT2D eigenvalue weighted by atomic mass is 19.1. The minimum Gasteiger partial charge on any atom is -0.465 e. The zero-order valence-electron chi connectivity index (χ0n) is 21.2. The van der Waals surface area contributed by atoms with Gasteiger partial charge >= 0.3 is 6.09 Å². The van der Waals surface area contributed by atoms with Crippen LogP contribution in [0.15, 0.2) is 42.7 Å². The number of halogens is 2. The second kappa shape index (κ2) is 9.32. The molecule has 37 heavy (non-hydrogen) atoms. The molecule has 1 aromatic carbocycles. The van der Waals surface area contributed by atoms with Crippen LogP contribution in [0.1, 0.15) is 62.1 Å². The van der Waals surface area contributed by atoms with Gasteiger partial charge in [0.2, 0.25) is 0 Å². The van der Waals surface area contributed by atoms with Gasteiger partial charge in [-0.05, 0) is 70.4 Å². The molecule has 4 heterocycles. The van der Waals surface area contributed by atoms with E-state index in [0.717, 1.165) is 24.2 Å². The second-order valence-electron chi connectivity index (χ2n) is 10.8. The fourth-order valence-electron chi connectivity index (χ4n) is 5.76. The Labute approximate surface area is 214 Å². The number of anilines is 1. The molecule has 0 spiro atoms. The molecule has 3 aromatic rings. The van der Waals surface area contributed by atoms with Crippen molar-refractivity contribution in [3.05, 3.63) is 65.6 Å². The molecule has 196 valence electrons. The first-order valence-electron chi connectivity index (χ1n) is 12.5. The molecule has 1 N–H and O–H groups in total. The van der Waals surface area contributed by atoms with Crippen molar-refractivity contribution in [3.63, 3.8) is 0 Å². The summed E-state index contributed by atoms with van der Waals surface area (Å²) in [5.74, 6) is -1.13. The molecule has 0 aliphatic carbocycles. The van der Waals surface area contributed by atoms with E-state index in [1.807, 2.05) is 44.0 Å². The van der Waals surface area contributed by atoms with Gasteiger partial charge in [-0.15, -0.1) is 0 Å². The SMILES string of the molecule is CC(C)(C)N(C(=O)O)[C@H]1CCN(C(=O)c2cnc3ccc(N4CCC[C@@H]4c4cc(F)ccc4F)cn23)C1. The number of benzene rings is 1. The van der Waals surface area contributed by atoms with E-state index in [1.165, 1.54) is 17.2 Å². The van der Waals surface area contributed by atoms with Crippen LogP contribution in [-0.2, 0) is 0 Å². The molecule has 2 saturated heterocycles. The second-order valence-corrected chi connectivity index (χ2v) is 10.8. The van der Waals surface area contributed by atoms with E-state index in [2.05, 4.69) is 4.98 Å². The van der Waals surface area contributed by atoms with Crippen LogP contribution in [0, 0.1) is 11.6 Å². The highest BCUT2D eigenvalue weighted by Crippen LogP contribution is 2.37. The summed E-state index contributed by atoms with van der Waals surface area (Å²) in [6, 6.07) is 6.62. The van der Waals surface area contributed by atoms with Gasteiger partial charge in [0.25, 0.3) is 5.91 Å². The molecule has 0 radical (unpaired) electrons. The average molecular weight is 512 g/mol. The highest BCUT2D eigenvalue weighted by Gasteiger charge is 2.39. The number of imidazole rings is 1. The third-order valence-electron chi connectivity index (χ3n) is 7.36. The molecule has 5 rings (SSSR count). The number of amides is 2. The number of fused-ring (bicyclic) bond motifs is 1. The predicted molar refractivity (Wildman–Crippen MR) is 135 cm³/mol. The van der Waals surface area contributed by atoms with Crippen LogP contribution in [0.2, 0.25) is 0 Å². The van der Waals surface area contributed by atoms with Gasteiger partial charge in [0.15, 0.2) is 0 Å². The van der Waals surface area contributed by atoms with Gasteiger partial charge in [0.05, 0.1) is 24.0 Å². The summed E-state index contributed by atoms with van der Waals surface area (Å²) in [6.45, 7) is 6.97. The summed E-state index contributed by atoms with van der Waals surface area (Å²) < 4.78 is 30.2. The van der Waals surface area contributed by atoms with Crippen molar-refractivity contribution < 1.29 is 23.5 Å². The smallest absolute Gasteiger partial charge is 0.408 e. The molecule has 2 aromatic heterocycles. The fourth-order valence-corrected chi connectivity index (χ4v) is 5.76. The summed E-state index contributed by atoms with van der Waals surface area (Å²) in [7, 11) is 0. The maximum absolute atomic E-state index is 14.6. The van der Waals surface area contributed by atoms with E-state index >= 15 is 0 Å². The average Bonchev–Trinajstić information content (AvgIpc) is 3.58. The Balaban J connectivity index is 1.41. The van der Waals surface area contributed by atoms with Crippen LogP contribution < -0.4 is 4.90 Å². The lowest BCUT2D eigenvalue weighted by atomic mass is 10.0. The molecule has 2 atom stereocenters. The maximum Gasteiger partial charge on any atom is 0.408 e. The summed E-state index contributed by atoms with van der Waals surface area (Å²) in [5.41, 5.74) is 1.50. The molecule has 2 aliphatic rings. The minimum atomic E-state index is -0.999. The number of carboxylic acid groups (broad SMARTS) is 1. The number of rotatable bonds is 4. The van der Waals surface area contributed by atoms with Gasteiger partial charge in [-0.2, -0.15) is 0 Å². The Hall–Kier alpha value is -3.69. The van der Waals surface area contributed by atoms with Crippen LogP contribution in [-0.4, -0.2) is 67.5 Å². The summed E-state index contributed by atoms with van der Waals surface area (Å²) >= 11 is 0. The summed E-state index contributed by atoms with van der Waals surface area (Å²) in [6.07, 6.45) is 4.43. The van der Waals surface area contributed by atoms with E-state index in [4.69, 9.17) is 0 Å². The first-order valence-corrected chi connectivity index (χ1v) is 12.5. The highest BCUT2D eigenvalue weighted by molar-refractivity contribution is 5.93. The standard InChI is InChI=1S/C27H31F2N5O3/c1-27(2,3)34(26(36)37)19-10-12-31(15-19)25(35)23-14-30-24-9-7-18(16-33(23)24)32-11-4-5-22(32)20-13-17(28)6-8-21(20)29/h6-9,13-14,16,19,22H,4-5,10-12,15H2,1-3H3,(H,36,37)/t19-,22+/m0/s1. The Kier molecular flexibility index (Phi) is 6.29. The monoisotopic (exact) mass is 511 g/mol. The van der Waals surface area contributed by atoms with E-state index in [0.29, 0.717) is 49.4 Å². The lowest BCUT2D eigenvalue weighted by Crippen LogP contribution is -2.52. The van der Waals surface area contributed by atoms with Gasteiger partial charge in [-0.3, -0.25) is 14.1 Å². The van der Waals surface area contributed by atoms with Crippen LogP contribution in [0.4, 0.5) is 19.3 Å². The Morgan fingerprint density at radius 3 is 2.62 bits per heavy atom. The van der Waals surface area contributed by atoms with Crippen molar-refractivity contribution in [3.8, 4) is 0 Å². The van der Waals surface area contributed by atoms with E-state index in [-0.39, 0.29) is 18.0 Å². The van der Waals surface area contributed by atoms with Gasteiger partial charge in [-0.25, -0.2) is 18.6 Å². The van der Waals surface area contributed by atoms with Gasteiger partial charge in [0, 0.05) is 36.9 Å². The molecule has 2 fully saturated rings. The van der Waals surface area contributed by atoms with Crippen LogP contribution >= 0.6 is 0 Å². The number of likely N-dealkylation sites (tertiary alicyclic amines) is 1. The van der Waals surface area contributed by atoms with Crippen LogP contribution in [0.25, 0.3) is 5.65 Å². The van der Waals surface area contributed by atoms with Crippen molar-refractivity contribution in [1.29, 1.82) is 0 Å². The Morgan fingerprint density at radius 1 is 1.11 bits per heavy atom. The first kappa shape index (κ1) is 25.0. The zero-order valence-corrected chi connectivity index (χ0v) is 21.2. The fraction of sp³-hybridized carbons (Fsp3) is 0.444. The number of nitrogens with zero attached hydrogens (tertiary/aromatic N) is 5. The number of hydrogen-bond acceptors (Lipinski definition) is 4. The third kappa shape index (κ3) is 4.60. The predicted octanol–water partition coefficient (Wildman–Crippen LogP) is 4.95. The lowest BCUT2D eigenvalue weighted by molar-refractivity contribution is 0.0646. The van der Waals surface area contributed by atoms with E-state index in [1.54, 1.807) is 9.30 Å². The summed E-state index contributed by atoms with van der Waals surface area (Å²) in [4.78, 5) is 34.9. The van der Waals surface area contributed by atoms with Crippen LogP contribution in [0.5, 0.6) is 0 Å². The van der Waals surface area contributed by atoms with Crippen molar-refractivity contribution >= 4 is 23.3 Å². The minimum absolute atomic E-state index is 0.222. The van der Waals surface area contributed by atoms with E-state index in [9.17, 15) is 23.5 Å². The number of pyridine rings is 1. The zero-order chi connectivity index (χ0) is 26.5. The number of hydrogen-bond donors (Lipinski definition) is 1. The first-order chi connectivity index (χ1) is 17.5. The van der Waals surface area contributed by atoms with Gasteiger partial charge < -0.3 is 14.9 Å². The van der Waals surface area contributed by atoms with E-state index < -0.39 is 23.3 Å². The van der Waals surface area contributed by atoms with Crippen molar-refractivity contribution in [1.82, 2.24) is 19.2 Å². The third-order valence-corrected chi connectivity index (χ3v) is 7.36. The lowest BCUT2D eigenvalue weighted by Gasteiger charge is -2.37. The number of carbonyl (C=O) groups excluding carboxylic acids is 1. The summed E-state index contributed by atoms with van der Waals surface area (Å²) in [5, 5.41) is 9.75. The van der Waals surface area contributed by atoms with Gasteiger partial charge in [-0.1, -0.05) is 0 Å². The maximum atomic E-state index is 14.6.